The normalized spacial score (nSPS) is 12.7. The molecule has 2 aromatic rings. The van der Waals surface area contributed by atoms with Crippen LogP contribution in [-0.2, 0) is 0 Å². The molecule has 1 aromatic heterocycles. The summed E-state index contributed by atoms with van der Waals surface area (Å²) in [5, 5.41) is 8.29. The van der Waals surface area contributed by atoms with Gasteiger partial charge in [0, 0.05) is 9.50 Å². The fraction of sp³-hybridized carbons (Fsp3) is 0.167. The van der Waals surface area contributed by atoms with Crippen LogP contribution in [0.2, 0.25) is 5.02 Å². The van der Waals surface area contributed by atoms with Crippen molar-refractivity contribution >= 4 is 38.9 Å². The zero-order valence-corrected chi connectivity index (χ0v) is 11.9. The molecular weight excluding hydrogens is 306 g/mol. The molecule has 1 aromatic carbocycles. The van der Waals surface area contributed by atoms with E-state index in [0.717, 1.165) is 15.1 Å². The molecule has 4 heteroatoms. The van der Waals surface area contributed by atoms with Gasteiger partial charge >= 0.3 is 0 Å². The summed E-state index contributed by atoms with van der Waals surface area (Å²) in [5.74, 6) is 0. The highest BCUT2D eigenvalue weighted by Gasteiger charge is 2.15. The lowest BCUT2D eigenvalue weighted by Crippen LogP contribution is -2.17. The van der Waals surface area contributed by atoms with Gasteiger partial charge < -0.3 is 5.32 Å². The average Bonchev–Trinajstić information content (AvgIpc) is 2.78. The van der Waals surface area contributed by atoms with Crippen LogP contribution >= 0.6 is 38.9 Å². The van der Waals surface area contributed by atoms with Crippen molar-refractivity contribution in [2.75, 3.05) is 7.05 Å². The molecule has 0 bridgehead atoms. The molecule has 0 spiro atoms. The fourth-order valence-electron chi connectivity index (χ4n) is 1.68. The summed E-state index contributed by atoms with van der Waals surface area (Å²) in [7, 11) is 1.94. The molecule has 1 N–H and O–H groups in total. The van der Waals surface area contributed by atoms with E-state index < -0.39 is 0 Å². The molecule has 2 rings (SSSR count). The van der Waals surface area contributed by atoms with Crippen molar-refractivity contribution in [1.82, 2.24) is 5.32 Å². The summed E-state index contributed by atoms with van der Waals surface area (Å²) >= 11 is 11.4. The lowest BCUT2D eigenvalue weighted by molar-refractivity contribution is 0.694. The highest BCUT2D eigenvalue weighted by Crippen LogP contribution is 2.31. The monoisotopic (exact) mass is 315 g/mol. The van der Waals surface area contributed by atoms with Crippen LogP contribution in [0.3, 0.4) is 0 Å². The minimum absolute atomic E-state index is 0.149. The molecule has 0 aliphatic heterocycles. The van der Waals surface area contributed by atoms with Crippen LogP contribution in [0.25, 0.3) is 0 Å². The lowest BCUT2D eigenvalue weighted by atomic mass is 10.0. The van der Waals surface area contributed by atoms with Crippen LogP contribution in [0.15, 0.2) is 39.5 Å². The highest BCUT2D eigenvalue weighted by molar-refractivity contribution is 9.10. The summed E-state index contributed by atoms with van der Waals surface area (Å²) < 4.78 is 1.04. The van der Waals surface area contributed by atoms with Crippen LogP contribution in [-0.4, -0.2) is 7.05 Å². The first-order chi connectivity index (χ1) is 7.72. The Morgan fingerprint density at radius 2 is 2.19 bits per heavy atom. The van der Waals surface area contributed by atoms with Gasteiger partial charge in [-0.05, 0) is 53.2 Å². The Labute approximate surface area is 113 Å². The van der Waals surface area contributed by atoms with E-state index in [2.05, 4.69) is 44.1 Å². The third-order valence-corrected chi connectivity index (χ3v) is 3.97. The van der Waals surface area contributed by atoms with Gasteiger partial charge in [0.05, 0.1) is 6.04 Å². The zero-order valence-electron chi connectivity index (χ0n) is 8.71. The minimum atomic E-state index is 0.149. The van der Waals surface area contributed by atoms with Crippen LogP contribution in [0.5, 0.6) is 0 Å². The van der Waals surface area contributed by atoms with Crippen molar-refractivity contribution < 1.29 is 0 Å². The van der Waals surface area contributed by atoms with Gasteiger partial charge in [0.1, 0.15) is 0 Å². The van der Waals surface area contributed by atoms with Crippen LogP contribution in [0.4, 0.5) is 0 Å². The maximum Gasteiger partial charge on any atom is 0.0597 e. The highest BCUT2D eigenvalue weighted by atomic mass is 79.9. The Bertz CT molecular complexity index is 470. The number of rotatable bonds is 3. The van der Waals surface area contributed by atoms with Gasteiger partial charge in [-0.2, -0.15) is 11.3 Å². The second kappa shape index (κ2) is 5.32. The lowest BCUT2D eigenvalue weighted by Gasteiger charge is -2.17. The van der Waals surface area contributed by atoms with Gasteiger partial charge in [0.25, 0.3) is 0 Å². The molecule has 1 unspecified atom stereocenters. The topological polar surface area (TPSA) is 12.0 Å². The van der Waals surface area contributed by atoms with Crippen molar-refractivity contribution in [1.29, 1.82) is 0 Å². The number of nitrogens with one attached hydrogen (secondary N) is 1. The van der Waals surface area contributed by atoms with E-state index in [1.807, 2.05) is 19.2 Å². The van der Waals surface area contributed by atoms with Crippen molar-refractivity contribution in [2.45, 2.75) is 6.04 Å². The summed E-state index contributed by atoms with van der Waals surface area (Å²) in [6, 6.07) is 8.19. The van der Waals surface area contributed by atoms with Gasteiger partial charge in [-0.15, -0.1) is 0 Å². The molecule has 0 saturated carbocycles. The number of hydrogen-bond donors (Lipinski definition) is 1. The molecule has 16 heavy (non-hydrogen) atoms. The number of hydrogen-bond acceptors (Lipinski definition) is 2. The third-order valence-electron chi connectivity index (χ3n) is 2.43. The standard InChI is InChI=1S/C12H11BrClNS/c1-15-12(8-4-5-16-7-8)10-6-9(13)2-3-11(10)14/h2-7,12,15H,1H3. The van der Waals surface area contributed by atoms with E-state index in [4.69, 9.17) is 11.6 Å². The Morgan fingerprint density at radius 1 is 1.38 bits per heavy atom. The third kappa shape index (κ3) is 2.48. The maximum atomic E-state index is 6.23. The second-order valence-corrected chi connectivity index (χ2v) is 5.55. The van der Waals surface area contributed by atoms with Gasteiger partial charge in [-0.3, -0.25) is 0 Å². The molecular formula is C12H11BrClNS. The van der Waals surface area contributed by atoms with E-state index in [1.165, 1.54) is 5.56 Å². The first-order valence-corrected chi connectivity index (χ1v) is 6.98. The summed E-state index contributed by atoms with van der Waals surface area (Å²) in [6.45, 7) is 0. The average molecular weight is 317 g/mol. The molecule has 1 heterocycles. The van der Waals surface area contributed by atoms with Crippen molar-refractivity contribution in [3.05, 3.63) is 55.6 Å². The molecule has 0 aliphatic carbocycles. The zero-order chi connectivity index (χ0) is 11.5. The van der Waals surface area contributed by atoms with Crippen LogP contribution in [0, 0.1) is 0 Å². The Kier molecular flexibility index (Phi) is 4.03. The number of benzene rings is 1. The first-order valence-electron chi connectivity index (χ1n) is 4.86. The SMILES string of the molecule is CNC(c1ccsc1)c1cc(Br)ccc1Cl. The predicted molar refractivity (Wildman–Crippen MR) is 74.4 cm³/mol. The van der Waals surface area contributed by atoms with Gasteiger partial charge in [-0.25, -0.2) is 0 Å². The Balaban J connectivity index is 2.44. The molecule has 84 valence electrons. The van der Waals surface area contributed by atoms with E-state index in [9.17, 15) is 0 Å². The van der Waals surface area contributed by atoms with E-state index in [1.54, 1.807) is 11.3 Å². The quantitative estimate of drug-likeness (QED) is 0.881. The smallest absolute Gasteiger partial charge is 0.0597 e. The Morgan fingerprint density at radius 3 is 2.81 bits per heavy atom. The maximum absolute atomic E-state index is 6.23. The van der Waals surface area contributed by atoms with Crippen LogP contribution in [0.1, 0.15) is 17.2 Å². The molecule has 0 fully saturated rings. The van der Waals surface area contributed by atoms with E-state index in [-0.39, 0.29) is 6.04 Å². The number of halogens is 2. The first kappa shape index (κ1) is 12.1. The van der Waals surface area contributed by atoms with E-state index >= 15 is 0 Å². The molecule has 1 atom stereocenters. The van der Waals surface area contributed by atoms with Crippen molar-refractivity contribution in [2.24, 2.45) is 0 Å². The molecule has 0 saturated heterocycles. The van der Waals surface area contributed by atoms with Crippen molar-refractivity contribution in [3.63, 3.8) is 0 Å². The molecule has 0 radical (unpaired) electrons. The number of thiophene rings is 1. The summed E-state index contributed by atoms with van der Waals surface area (Å²) in [4.78, 5) is 0. The Hall–Kier alpha value is -0.350. The van der Waals surface area contributed by atoms with Crippen LogP contribution < -0.4 is 5.32 Å². The predicted octanol–water partition coefficient (Wildman–Crippen LogP) is 4.47. The molecule has 1 nitrogen and oxygen atoms in total. The summed E-state index contributed by atoms with van der Waals surface area (Å²) in [5.41, 5.74) is 2.34. The molecule has 0 amide bonds. The van der Waals surface area contributed by atoms with Gasteiger partial charge in [0.2, 0.25) is 0 Å². The molecule has 0 aliphatic rings. The van der Waals surface area contributed by atoms with E-state index in [0.29, 0.717) is 0 Å². The van der Waals surface area contributed by atoms with Gasteiger partial charge in [-0.1, -0.05) is 27.5 Å². The van der Waals surface area contributed by atoms with Crippen molar-refractivity contribution in [3.8, 4) is 0 Å². The largest absolute Gasteiger partial charge is 0.309 e. The van der Waals surface area contributed by atoms with Gasteiger partial charge in [0.15, 0.2) is 0 Å². The summed E-state index contributed by atoms with van der Waals surface area (Å²) in [6.07, 6.45) is 0. The second-order valence-electron chi connectivity index (χ2n) is 3.44. The minimum Gasteiger partial charge on any atom is -0.309 e. The fourth-order valence-corrected chi connectivity index (χ4v) is 2.97.